The van der Waals surface area contributed by atoms with Gasteiger partial charge in [-0.15, -0.1) is 0 Å². The van der Waals surface area contributed by atoms with Crippen molar-refractivity contribution in [1.82, 2.24) is 5.32 Å². The second-order valence-electron chi connectivity index (χ2n) is 3.32. The first-order chi connectivity index (χ1) is 6.10. The molecule has 0 atom stereocenters. The van der Waals surface area contributed by atoms with Gasteiger partial charge in [0.05, 0.1) is 6.17 Å². The fourth-order valence-electron chi connectivity index (χ4n) is 0.980. The fourth-order valence-corrected chi connectivity index (χ4v) is 2.36. The van der Waals surface area contributed by atoms with Crippen LogP contribution in [-0.4, -0.2) is 42.8 Å². The van der Waals surface area contributed by atoms with E-state index < -0.39 is 8.80 Å². The molecule has 5 heteroatoms. The van der Waals surface area contributed by atoms with E-state index in [1.54, 1.807) is 21.3 Å². The number of hydrogen-bond donors (Lipinski definition) is 1. The summed E-state index contributed by atoms with van der Waals surface area (Å²) in [7, 11) is 2.47. The Balaban J connectivity index is 3.81. The maximum Gasteiger partial charge on any atom is 0.514 e. The normalized spacial score (nSPS) is 12.5. The van der Waals surface area contributed by atoms with Crippen LogP contribution in [0, 0.1) is 5.92 Å². The SMILES string of the molecule is CO[Si](CNCC(C)C)(OC)OC. The number of nitrogens with one attached hydrogen (secondary N) is 1. The van der Waals surface area contributed by atoms with Gasteiger partial charge in [-0.3, -0.25) is 0 Å². The summed E-state index contributed by atoms with van der Waals surface area (Å²) in [4.78, 5) is 0. The molecular weight excluding hydrogens is 186 g/mol. The molecule has 0 aromatic carbocycles. The van der Waals surface area contributed by atoms with Gasteiger partial charge in [0.25, 0.3) is 0 Å². The van der Waals surface area contributed by atoms with Crippen molar-refractivity contribution in [3.05, 3.63) is 0 Å². The van der Waals surface area contributed by atoms with Crippen molar-refractivity contribution in [2.24, 2.45) is 5.92 Å². The zero-order valence-electron chi connectivity index (χ0n) is 9.22. The van der Waals surface area contributed by atoms with E-state index in [9.17, 15) is 0 Å². The minimum Gasteiger partial charge on any atom is -0.376 e. The van der Waals surface area contributed by atoms with E-state index in [4.69, 9.17) is 13.3 Å². The van der Waals surface area contributed by atoms with Gasteiger partial charge < -0.3 is 18.6 Å². The van der Waals surface area contributed by atoms with E-state index >= 15 is 0 Å². The van der Waals surface area contributed by atoms with E-state index in [1.807, 2.05) is 0 Å². The maximum absolute atomic E-state index is 5.25. The largest absolute Gasteiger partial charge is 0.514 e. The molecule has 1 N–H and O–H groups in total. The number of hydrogen-bond acceptors (Lipinski definition) is 4. The van der Waals surface area contributed by atoms with E-state index in [-0.39, 0.29) is 0 Å². The van der Waals surface area contributed by atoms with Gasteiger partial charge in [-0.2, -0.15) is 0 Å². The van der Waals surface area contributed by atoms with Gasteiger partial charge in [-0.1, -0.05) is 13.8 Å². The zero-order valence-corrected chi connectivity index (χ0v) is 10.2. The summed E-state index contributed by atoms with van der Waals surface area (Å²) in [6.45, 7) is 5.26. The Morgan fingerprint density at radius 1 is 1.08 bits per heavy atom. The quantitative estimate of drug-likeness (QED) is 0.622. The first-order valence-electron chi connectivity index (χ1n) is 4.46. The van der Waals surface area contributed by atoms with Crippen LogP contribution in [-0.2, 0) is 13.3 Å². The molecule has 0 aromatic rings. The predicted molar refractivity (Wildman–Crippen MR) is 54.5 cm³/mol. The lowest BCUT2D eigenvalue weighted by Gasteiger charge is -2.24. The molecule has 0 unspecified atom stereocenters. The molecule has 0 fully saturated rings. The second-order valence-corrected chi connectivity index (χ2v) is 6.26. The molecule has 0 radical (unpaired) electrons. The lowest BCUT2D eigenvalue weighted by atomic mass is 10.2. The van der Waals surface area contributed by atoms with Crippen molar-refractivity contribution >= 4 is 8.80 Å². The van der Waals surface area contributed by atoms with Crippen molar-refractivity contribution in [2.75, 3.05) is 34.0 Å². The van der Waals surface area contributed by atoms with Crippen LogP contribution in [0.5, 0.6) is 0 Å². The molecule has 0 saturated heterocycles. The third-order valence-corrected chi connectivity index (χ3v) is 4.38. The van der Waals surface area contributed by atoms with Gasteiger partial charge in [0.15, 0.2) is 0 Å². The predicted octanol–water partition coefficient (Wildman–Crippen LogP) is 0.649. The highest BCUT2D eigenvalue weighted by atomic mass is 28.4. The summed E-state index contributed by atoms with van der Waals surface area (Å²) >= 11 is 0. The maximum atomic E-state index is 5.25. The van der Waals surface area contributed by atoms with Crippen LogP contribution in [0.2, 0.25) is 0 Å². The van der Waals surface area contributed by atoms with Crippen LogP contribution in [0.1, 0.15) is 13.8 Å². The monoisotopic (exact) mass is 207 g/mol. The highest BCUT2D eigenvalue weighted by Crippen LogP contribution is 2.03. The van der Waals surface area contributed by atoms with Gasteiger partial charge in [0, 0.05) is 21.3 Å². The van der Waals surface area contributed by atoms with E-state index in [0.29, 0.717) is 12.1 Å². The molecule has 80 valence electrons. The zero-order chi connectivity index (χ0) is 10.3. The Morgan fingerprint density at radius 3 is 1.85 bits per heavy atom. The Labute approximate surface area is 81.9 Å². The molecule has 0 aromatic heterocycles. The molecule has 0 aliphatic heterocycles. The van der Waals surface area contributed by atoms with E-state index in [1.165, 1.54) is 0 Å². The minimum atomic E-state index is -2.40. The summed E-state index contributed by atoms with van der Waals surface area (Å²) in [6.07, 6.45) is 0.661. The molecule has 4 nitrogen and oxygen atoms in total. The highest BCUT2D eigenvalue weighted by molar-refractivity contribution is 6.60. The van der Waals surface area contributed by atoms with E-state index in [2.05, 4.69) is 19.2 Å². The van der Waals surface area contributed by atoms with Crippen LogP contribution in [0.4, 0.5) is 0 Å². The average molecular weight is 207 g/mol. The molecule has 0 aliphatic carbocycles. The molecule has 0 heterocycles. The Bertz CT molecular complexity index is 120. The summed E-state index contributed by atoms with van der Waals surface area (Å²) in [5, 5.41) is 3.27. The van der Waals surface area contributed by atoms with Crippen LogP contribution >= 0.6 is 0 Å². The Morgan fingerprint density at radius 2 is 1.54 bits per heavy atom. The molecule has 0 spiro atoms. The Kier molecular flexibility index (Phi) is 6.53. The lowest BCUT2D eigenvalue weighted by Crippen LogP contribution is -2.52. The van der Waals surface area contributed by atoms with E-state index in [0.717, 1.165) is 6.54 Å². The van der Waals surface area contributed by atoms with Crippen molar-refractivity contribution in [2.45, 2.75) is 13.8 Å². The summed E-state index contributed by atoms with van der Waals surface area (Å²) in [5.74, 6) is 0.622. The van der Waals surface area contributed by atoms with Gasteiger partial charge in [0.1, 0.15) is 0 Å². The number of rotatable bonds is 7. The standard InChI is InChI=1S/C8H21NO3Si/c1-8(2)6-9-7-13(10-3,11-4)12-5/h8-9H,6-7H2,1-5H3. The average Bonchev–Trinajstić information content (AvgIpc) is 2.13. The molecule has 0 saturated carbocycles. The van der Waals surface area contributed by atoms with Gasteiger partial charge in [-0.25, -0.2) is 0 Å². The summed E-state index contributed by atoms with van der Waals surface area (Å²) in [6, 6.07) is 0. The third kappa shape index (κ3) is 4.73. The highest BCUT2D eigenvalue weighted by Gasteiger charge is 2.37. The smallest absolute Gasteiger partial charge is 0.376 e. The minimum absolute atomic E-state index is 0.622. The topological polar surface area (TPSA) is 39.7 Å². The van der Waals surface area contributed by atoms with Crippen molar-refractivity contribution in [1.29, 1.82) is 0 Å². The first-order valence-corrected chi connectivity index (χ1v) is 6.39. The lowest BCUT2D eigenvalue weighted by molar-refractivity contribution is 0.121. The summed E-state index contributed by atoms with van der Waals surface area (Å²) < 4.78 is 15.8. The third-order valence-electron chi connectivity index (χ3n) is 1.83. The molecule has 0 rings (SSSR count). The van der Waals surface area contributed by atoms with Crippen molar-refractivity contribution in [3.63, 3.8) is 0 Å². The molecule has 0 bridgehead atoms. The van der Waals surface area contributed by atoms with Crippen LogP contribution in [0.25, 0.3) is 0 Å². The Hall–Kier alpha value is 0.0569. The second kappa shape index (κ2) is 6.50. The first kappa shape index (κ1) is 13.1. The summed E-state index contributed by atoms with van der Waals surface area (Å²) in [5.41, 5.74) is 0. The molecule has 0 aliphatic rings. The van der Waals surface area contributed by atoms with Crippen LogP contribution < -0.4 is 5.32 Å². The fraction of sp³-hybridized carbons (Fsp3) is 1.00. The van der Waals surface area contributed by atoms with Gasteiger partial charge in [0.2, 0.25) is 0 Å². The molecule has 0 amide bonds. The van der Waals surface area contributed by atoms with Gasteiger partial charge >= 0.3 is 8.80 Å². The van der Waals surface area contributed by atoms with Crippen LogP contribution in [0.15, 0.2) is 0 Å². The molecule has 13 heavy (non-hydrogen) atoms. The molecular formula is C8H21NO3Si. The van der Waals surface area contributed by atoms with Crippen molar-refractivity contribution in [3.8, 4) is 0 Å². The van der Waals surface area contributed by atoms with Gasteiger partial charge in [-0.05, 0) is 12.5 Å². The van der Waals surface area contributed by atoms with Crippen molar-refractivity contribution < 1.29 is 13.3 Å². The van der Waals surface area contributed by atoms with Crippen LogP contribution in [0.3, 0.4) is 0 Å².